The average Bonchev–Trinajstić information content (AvgIpc) is 3.53. The lowest BCUT2D eigenvalue weighted by molar-refractivity contribution is 0.491. The molecule has 1 nitrogen and oxygen atoms in total. The van der Waals surface area contributed by atoms with Gasteiger partial charge in [-0.2, -0.15) is 0 Å². The van der Waals surface area contributed by atoms with Crippen LogP contribution in [0.4, 0.5) is 0 Å². The normalized spacial score (nSPS) is 18.6. The lowest BCUT2D eigenvalue weighted by atomic mass is 9.71. The molecule has 2 aliphatic carbocycles. The summed E-state index contributed by atoms with van der Waals surface area (Å²) in [6.45, 7) is 6.62. The molecule has 2 heteroatoms. The second kappa shape index (κ2) is 8.69. The van der Waals surface area contributed by atoms with Crippen LogP contribution in [-0.4, -0.2) is 4.57 Å². The molecule has 39 heavy (non-hydrogen) atoms. The first kappa shape index (κ1) is 22.8. The van der Waals surface area contributed by atoms with E-state index in [4.69, 9.17) is 0 Å². The molecule has 0 saturated carbocycles. The van der Waals surface area contributed by atoms with E-state index >= 15 is 0 Å². The van der Waals surface area contributed by atoms with Gasteiger partial charge in [-0.25, -0.2) is 0 Å². The Labute approximate surface area is 232 Å². The minimum absolute atomic E-state index is 0.418. The maximum Gasteiger partial charge on any atom is 0.0579 e. The van der Waals surface area contributed by atoms with Gasteiger partial charge in [0.15, 0.2) is 0 Å². The average molecular weight is 520 g/mol. The molecule has 188 valence electrons. The first-order valence-corrected chi connectivity index (χ1v) is 14.7. The van der Waals surface area contributed by atoms with E-state index in [1.807, 2.05) is 17.4 Å². The van der Waals surface area contributed by atoms with Gasteiger partial charge in [-0.05, 0) is 77.3 Å². The minimum atomic E-state index is 0.418. The minimum Gasteiger partial charge on any atom is -0.309 e. The number of hydrogen-bond acceptors (Lipinski definition) is 1. The quantitative estimate of drug-likeness (QED) is 0.221. The Hall–Kier alpha value is -4.14. The summed E-state index contributed by atoms with van der Waals surface area (Å²) < 4.78 is 5.24. The molecule has 2 heterocycles. The highest BCUT2D eigenvalue weighted by Gasteiger charge is 2.33. The van der Waals surface area contributed by atoms with Crippen molar-refractivity contribution >= 4 is 59.6 Å². The van der Waals surface area contributed by atoms with Gasteiger partial charge in [0.1, 0.15) is 0 Å². The first-order valence-electron chi connectivity index (χ1n) is 13.9. The van der Waals surface area contributed by atoms with Crippen molar-refractivity contribution in [2.75, 3.05) is 0 Å². The summed E-state index contributed by atoms with van der Waals surface area (Å²) in [5.41, 5.74) is 7.98. The van der Waals surface area contributed by atoms with Crippen molar-refractivity contribution in [3.05, 3.63) is 131 Å². The van der Waals surface area contributed by atoms with Crippen molar-refractivity contribution in [1.82, 2.24) is 4.57 Å². The van der Waals surface area contributed by atoms with Crippen LogP contribution in [0.1, 0.15) is 30.9 Å². The van der Waals surface area contributed by atoms with Crippen molar-refractivity contribution in [2.24, 2.45) is 11.8 Å². The third-order valence-corrected chi connectivity index (χ3v) is 10.1. The standard InChI is InChI=1S/C37H29NS/c1-3-24-12-4-5-14-27(24)35-23(2)26-13-6-7-16-29(26)37-36(35)30-17-8-10-18-32(30)38(37)25-20-21-34-31(22-25)28-15-9-11-19-33(28)39-34/h3-5,7-12,14-23,26H,1,6,13H2,2H3. The third kappa shape index (κ3) is 3.25. The van der Waals surface area contributed by atoms with Gasteiger partial charge in [-0.15, -0.1) is 11.3 Å². The van der Waals surface area contributed by atoms with Crippen molar-refractivity contribution in [3.8, 4) is 5.69 Å². The molecule has 0 radical (unpaired) electrons. The number of rotatable bonds is 3. The van der Waals surface area contributed by atoms with E-state index in [2.05, 4.69) is 121 Å². The third-order valence-electron chi connectivity index (χ3n) is 8.91. The van der Waals surface area contributed by atoms with E-state index in [-0.39, 0.29) is 0 Å². The smallest absolute Gasteiger partial charge is 0.0579 e. The second-order valence-corrected chi connectivity index (χ2v) is 12.0. The van der Waals surface area contributed by atoms with Gasteiger partial charge in [0.05, 0.1) is 10.9 Å². The topological polar surface area (TPSA) is 4.93 Å². The molecule has 6 aromatic rings. The van der Waals surface area contributed by atoms with E-state index in [0.717, 1.165) is 6.42 Å². The van der Waals surface area contributed by atoms with Gasteiger partial charge in [0.25, 0.3) is 0 Å². The number of fused-ring (bicyclic) bond motifs is 7. The maximum absolute atomic E-state index is 4.18. The van der Waals surface area contributed by atoms with Crippen LogP contribution >= 0.6 is 11.3 Å². The Morgan fingerprint density at radius 1 is 0.846 bits per heavy atom. The number of nitrogens with zero attached hydrogens (tertiary/aromatic N) is 1. The van der Waals surface area contributed by atoms with Crippen LogP contribution in [0.15, 0.2) is 110 Å². The molecule has 0 fully saturated rings. The molecule has 0 amide bonds. The summed E-state index contributed by atoms with van der Waals surface area (Å²) in [5.74, 6) is 0.908. The van der Waals surface area contributed by atoms with E-state index in [1.54, 1.807) is 0 Å². The van der Waals surface area contributed by atoms with Gasteiger partial charge in [0.2, 0.25) is 0 Å². The lowest BCUT2D eigenvalue weighted by Crippen LogP contribution is -2.42. The molecule has 2 atom stereocenters. The van der Waals surface area contributed by atoms with Crippen molar-refractivity contribution in [3.63, 3.8) is 0 Å². The molecule has 2 unspecified atom stereocenters. The van der Waals surface area contributed by atoms with E-state index < -0.39 is 0 Å². The van der Waals surface area contributed by atoms with Crippen LogP contribution in [0.3, 0.4) is 0 Å². The van der Waals surface area contributed by atoms with Gasteiger partial charge < -0.3 is 4.57 Å². The second-order valence-electron chi connectivity index (χ2n) is 10.9. The van der Waals surface area contributed by atoms with Crippen molar-refractivity contribution < 1.29 is 0 Å². The summed E-state index contributed by atoms with van der Waals surface area (Å²) >= 11 is 1.88. The molecule has 2 aromatic heterocycles. The van der Waals surface area contributed by atoms with Crippen molar-refractivity contribution in [1.29, 1.82) is 0 Å². The monoisotopic (exact) mass is 519 g/mol. The maximum atomic E-state index is 4.18. The van der Waals surface area contributed by atoms with Crippen LogP contribution in [0.5, 0.6) is 0 Å². The zero-order valence-corrected chi connectivity index (χ0v) is 22.8. The summed E-state index contributed by atoms with van der Waals surface area (Å²) in [6, 6.07) is 33.6. The largest absolute Gasteiger partial charge is 0.309 e. The number of para-hydroxylation sites is 1. The lowest BCUT2D eigenvalue weighted by Gasteiger charge is -2.33. The van der Waals surface area contributed by atoms with Gasteiger partial charge in [0, 0.05) is 36.5 Å². The summed E-state index contributed by atoms with van der Waals surface area (Å²) in [7, 11) is 0. The Balaban J connectivity index is 1.59. The molecule has 0 spiro atoms. The number of aromatic nitrogens is 1. The Morgan fingerprint density at radius 2 is 1.62 bits per heavy atom. The van der Waals surface area contributed by atoms with Crippen molar-refractivity contribution in [2.45, 2.75) is 19.8 Å². The molecule has 4 aromatic carbocycles. The molecule has 0 N–H and O–H groups in total. The van der Waals surface area contributed by atoms with E-state index in [0.29, 0.717) is 11.8 Å². The molecular formula is C37H29NS. The molecule has 0 bridgehead atoms. The number of benzene rings is 4. The van der Waals surface area contributed by atoms with Crippen LogP contribution in [0.2, 0.25) is 0 Å². The van der Waals surface area contributed by atoms with Crippen LogP contribution < -0.4 is 10.6 Å². The Bertz CT molecular complexity index is 2120. The molecule has 8 rings (SSSR count). The molecular weight excluding hydrogens is 490 g/mol. The fourth-order valence-electron chi connectivity index (χ4n) is 7.18. The Morgan fingerprint density at radius 3 is 2.51 bits per heavy atom. The summed E-state index contributed by atoms with van der Waals surface area (Å²) in [5, 5.41) is 6.76. The highest BCUT2D eigenvalue weighted by atomic mass is 32.1. The summed E-state index contributed by atoms with van der Waals surface area (Å²) in [4.78, 5) is 0. The van der Waals surface area contributed by atoms with Crippen LogP contribution in [-0.2, 0) is 0 Å². The number of hydrogen-bond donors (Lipinski definition) is 0. The molecule has 0 aliphatic heterocycles. The highest BCUT2D eigenvalue weighted by molar-refractivity contribution is 7.25. The van der Waals surface area contributed by atoms with Gasteiger partial charge in [-0.3, -0.25) is 0 Å². The zero-order valence-electron chi connectivity index (χ0n) is 22.0. The zero-order chi connectivity index (χ0) is 26.1. The predicted molar refractivity (Wildman–Crippen MR) is 169 cm³/mol. The molecule has 0 saturated heterocycles. The predicted octanol–water partition coefficient (Wildman–Crippen LogP) is 8.61. The number of thiophene rings is 1. The first-order chi connectivity index (χ1) is 19.2. The SMILES string of the molecule is C=Cc1ccccc1C1=c2c(n(-c3ccc4sc5ccccc5c4c3)c3ccccc23)=C2C=CCCC2C1C. The highest BCUT2D eigenvalue weighted by Crippen LogP contribution is 2.41. The fourth-order valence-corrected chi connectivity index (χ4v) is 8.26. The van der Waals surface area contributed by atoms with Gasteiger partial charge >= 0.3 is 0 Å². The number of allylic oxidation sites excluding steroid dienone is 2. The van der Waals surface area contributed by atoms with E-state index in [9.17, 15) is 0 Å². The summed E-state index contributed by atoms with van der Waals surface area (Å²) in [6.07, 6.45) is 9.14. The van der Waals surface area contributed by atoms with E-state index in [1.165, 1.54) is 76.0 Å². The van der Waals surface area contributed by atoms with Crippen LogP contribution in [0.25, 0.3) is 54.0 Å². The molecule has 2 aliphatic rings. The van der Waals surface area contributed by atoms with Crippen LogP contribution in [0, 0.1) is 11.8 Å². The fraction of sp³-hybridized carbons (Fsp3) is 0.135. The Kier molecular flexibility index (Phi) is 5.08. The van der Waals surface area contributed by atoms with Gasteiger partial charge in [-0.1, -0.05) is 92.4 Å².